The van der Waals surface area contributed by atoms with E-state index in [1.807, 2.05) is 0 Å². The van der Waals surface area contributed by atoms with E-state index in [0.29, 0.717) is 0 Å². The van der Waals surface area contributed by atoms with Gasteiger partial charge in [0.05, 0.1) is 6.07 Å². The van der Waals surface area contributed by atoms with Crippen molar-refractivity contribution in [1.82, 2.24) is 0 Å². The zero-order chi connectivity index (χ0) is 10.5. The number of nitrogens with zero attached hydrogens (tertiary/aromatic N) is 1. The number of hydrogen-bond acceptors (Lipinski definition) is 2. The quantitative estimate of drug-likeness (QED) is 0.525. The van der Waals surface area contributed by atoms with Gasteiger partial charge in [0.1, 0.15) is 11.8 Å². The van der Waals surface area contributed by atoms with Crippen LogP contribution < -0.4 is 0 Å². The summed E-state index contributed by atoms with van der Waals surface area (Å²) in [5.74, 6) is 0. The second-order valence-corrected chi connectivity index (χ2v) is 4.74. The number of aryl methyl sites for hydroxylation is 1. The molecule has 0 spiro atoms. The van der Waals surface area contributed by atoms with Crippen molar-refractivity contribution in [2.75, 3.05) is 0 Å². The molecule has 0 aliphatic carbocycles. The number of aliphatic imine (C=N–C) groups is 1. The van der Waals surface area contributed by atoms with E-state index in [4.69, 9.17) is 0 Å². The molecule has 0 radical (unpaired) electrons. The highest BCUT2D eigenvalue weighted by molar-refractivity contribution is 8.12. The van der Waals surface area contributed by atoms with Gasteiger partial charge >= 0.3 is 0 Å². The summed E-state index contributed by atoms with van der Waals surface area (Å²) in [6.07, 6.45) is 6.49. The molecule has 0 saturated heterocycles. The van der Waals surface area contributed by atoms with Crippen molar-refractivity contribution in [2.24, 2.45) is 4.99 Å². The molecule has 2 rings (SSSR count). The van der Waals surface area contributed by atoms with E-state index in [2.05, 4.69) is 35.7 Å². The summed E-state index contributed by atoms with van der Waals surface area (Å²) >= 11 is 1.59. The van der Waals surface area contributed by atoms with Gasteiger partial charge in [-0.15, -0.1) is 0 Å². The smallest absolute Gasteiger partial charge is 0.0654 e. The summed E-state index contributed by atoms with van der Waals surface area (Å²) in [5, 5.41) is 0. The Balaban J connectivity index is 1.89. The van der Waals surface area contributed by atoms with Crippen molar-refractivity contribution in [3.63, 3.8) is 0 Å². The normalized spacial score (nSPS) is 12.6. The maximum absolute atomic E-state index is 4.22. The Morgan fingerprint density at radius 2 is 2.20 bits per heavy atom. The van der Waals surface area contributed by atoms with Crippen LogP contribution in [0.4, 0.5) is 5.69 Å². The van der Waals surface area contributed by atoms with Crippen molar-refractivity contribution in [2.45, 2.75) is 43.9 Å². The van der Waals surface area contributed by atoms with E-state index in [-0.39, 0.29) is 0 Å². The van der Waals surface area contributed by atoms with Crippen LogP contribution in [0.15, 0.2) is 28.1 Å². The Labute approximate surface area is 96.0 Å². The Bertz CT molecular complexity index is 358. The van der Waals surface area contributed by atoms with Crippen LogP contribution in [-0.4, -0.2) is 5.55 Å². The molecule has 1 aliphatic heterocycles. The maximum atomic E-state index is 4.22. The summed E-state index contributed by atoms with van der Waals surface area (Å²) < 4.78 is 0. The minimum atomic E-state index is 1.10. The summed E-state index contributed by atoms with van der Waals surface area (Å²) in [5.41, 5.74) is 5.45. The van der Waals surface area contributed by atoms with Gasteiger partial charge in [0.25, 0.3) is 5.55 Å². The number of thioether (sulfide) groups is 1. The third-order valence-electron chi connectivity index (χ3n) is 2.66. The Morgan fingerprint density at radius 1 is 1.27 bits per heavy atom. The molecule has 78 valence electrons. The summed E-state index contributed by atoms with van der Waals surface area (Å²) in [6.45, 7) is 2.25. The highest BCUT2D eigenvalue weighted by Gasteiger charge is 2.19. The van der Waals surface area contributed by atoms with E-state index in [0.717, 1.165) is 5.69 Å². The number of rotatable bonds is 5. The van der Waals surface area contributed by atoms with E-state index in [1.54, 1.807) is 11.8 Å². The molecule has 2 heteroatoms. The molecular formula is C13H16NS+. The molecule has 1 aliphatic rings. The minimum Gasteiger partial charge on any atom is -0.0654 e. The van der Waals surface area contributed by atoms with Crippen LogP contribution in [0.1, 0.15) is 38.2 Å². The Hall–Kier alpha value is -0.850. The van der Waals surface area contributed by atoms with Crippen molar-refractivity contribution in [3.8, 4) is 0 Å². The third kappa shape index (κ3) is 2.80. The number of hydrogen-bond donors (Lipinski definition) is 0. The summed E-state index contributed by atoms with van der Waals surface area (Å²) in [4.78, 5) is 5.46. The fourth-order valence-electron chi connectivity index (χ4n) is 1.77. The van der Waals surface area contributed by atoms with Gasteiger partial charge in [-0.05, 0) is 24.5 Å². The molecule has 1 heterocycles. The number of benzene rings is 1. The number of unbranched alkanes of at least 4 members (excludes halogenated alkanes) is 3. The van der Waals surface area contributed by atoms with Crippen LogP contribution in [0.25, 0.3) is 0 Å². The molecule has 0 amide bonds. The predicted molar refractivity (Wildman–Crippen MR) is 67.2 cm³/mol. The molecule has 0 atom stereocenters. The molecule has 1 nitrogen and oxygen atoms in total. The molecule has 0 fully saturated rings. The zero-order valence-corrected chi connectivity index (χ0v) is 9.94. The minimum absolute atomic E-state index is 1.10. The molecule has 1 aromatic carbocycles. The van der Waals surface area contributed by atoms with Crippen molar-refractivity contribution < 1.29 is 0 Å². The van der Waals surface area contributed by atoms with Crippen molar-refractivity contribution in [1.29, 1.82) is 0 Å². The van der Waals surface area contributed by atoms with Crippen LogP contribution in [0.5, 0.6) is 0 Å². The van der Waals surface area contributed by atoms with Crippen molar-refractivity contribution >= 4 is 23.0 Å². The monoisotopic (exact) mass is 218 g/mol. The van der Waals surface area contributed by atoms with Crippen LogP contribution in [0.3, 0.4) is 0 Å². The second kappa shape index (κ2) is 5.29. The summed E-state index contributed by atoms with van der Waals surface area (Å²) in [7, 11) is 0. The standard InChI is InChI=1S/C13H16NS/c1-2-3-4-5-6-11-7-8-13-12(9-11)14-10-15-13/h7-9H,2-6H2,1H3/q+1. The lowest BCUT2D eigenvalue weighted by molar-refractivity contribution is 0.667. The highest BCUT2D eigenvalue weighted by atomic mass is 32.2. The lowest BCUT2D eigenvalue weighted by atomic mass is 10.1. The zero-order valence-electron chi connectivity index (χ0n) is 9.12. The summed E-state index contributed by atoms with van der Waals surface area (Å²) in [6, 6.07) is 6.59. The van der Waals surface area contributed by atoms with Crippen LogP contribution in [0.2, 0.25) is 0 Å². The van der Waals surface area contributed by atoms with Gasteiger partial charge in [0.15, 0.2) is 4.90 Å². The number of fused-ring (bicyclic) bond motifs is 1. The van der Waals surface area contributed by atoms with Gasteiger partial charge in [0.2, 0.25) is 5.69 Å². The Kier molecular flexibility index (Phi) is 3.76. The van der Waals surface area contributed by atoms with Crippen LogP contribution >= 0.6 is 11.8 Å². The molecule has 15 heavy (non-hydrogen) atoms. The van der Waals surface area contributed by atoms with Crippen LogP contribution in [0, 0.1) is 0 Å². The van der Waals surface area contributed by atoms with E-state index in [1.165, 1.54) is 42.6 Å². The maximum Gasteiger partial charge on any atom is 0.272 e. The molecule has 0 unspecified atom stereocenters. The van der Waals surface area contributed by atoms with Gasteiger partial charge in [-0.2, -0.15) is 0 Å². The van der Waals surface area contributed by atoms with Gasteiger partial charge in [-0.1, -0.05) is 32.3 Å². The second-order valence-electron chi connectivity index (χ2n) is 3.92. The molecule has 0 N–H and O–H groups in total. The van der Waals surface area contributed by atoms with E-state index < -0.39 is 0 Å². The molecule has 0 aromatic heterocycles. The fourth-order valence-corrected chi connectivity index (χ4v) is 2.36. The predicted octanol–water partition coefficient (Wildman–Crippen LogP) is 4.45. The molecule has 1 aromatic rings. The first kappa shape index (κ1) is 10.7. The van der Waals surface area contributed by atoms with E-state index in [9.17, 15) is 0 Å². The highest BCUT2D eigenvalue weighted by Crippen LogP contribution is 2.34. The first-order valence-electron chi connectivity index (χ1n) is 5.65. The van der Waals surface area contributed by atoms with Gasteiger partial charge in [-0.25, -0.2) is 0 Å². The molecular weight excluding hydrogens is 202 g/mol. The van der Waals surface area contributed by atoms with Gasteiger partial charge in [-0.3, -0.25) is 0 Å². The van der Waals surface area contributed by atoms with Gasteiger partial charge in [0, 0.05) is 4.99 Å². The largest absolute Gasteiger partial charge is 0.272 e. The molecule has 0 bridgehead atoms. The lowest BCUT2D eigenvalue weighted by Gasteiger charge is -1.99. The van der Waals surface area contributed by atoms with Gasteiger partial charge < -0.3 is 0 Å². The van der Waals surface area contributed by atoms with E-state index >= 15 is 0 Å². The van der Waals surface area contributed by atoms with Crippen molar-refractivity contribution in [3.05, 3.63) is 23.8 Å². The molecule has 0 saturated carbocycles. The lowest BCUT2D eigenvalue weighted by Crippen LogP contribution is -1.85. The average Bonchev–Trinajstić information content (AvgIpc) is 2.71. The van der Waals surface area contributed by atoms with Crippen LogP contribution in [-0.2, 0) is 6.42 Å². The third-order valence-corrected chi connectivity index (χ3v) is 3.41. The SMILES string of the molecule is CCCCCCc1ccc2c(c1)N=[C+]S2. The Morgan fingerprint density at radius 3 is 3.07 bits per heavy atom. The fraction of sp³-hybridized carbons (Fsp3) is 0.462. The first-order valence-corrected chi connectivity index (χ1v) is 6.47. The topological polar surface area (TPSA) is 12.4 Å². The first-order chi connectivity index (χ1) is 7.40. The average molecular weight is 218 g/mol.